The van der Waals surface area contributed by atoms with Gasteiger partial charge >= 0.3 is 0 Å². The minimum atomic E-state index is -1.19. The number of para-hydroxylation sites is 1. The molecule has 290 valence electrons. The molecule has 1 fully saturated rings. The molecule has 0 unspecified atom stereocenters. The molecular weight excluding hydrogens is 704 g/mol. The summed E-state index contributed by atoms with van der Waals surface area (Å²) < 4.78 is 0. The van der Waals surface area contributed by atoms with Crippen LogP contribution in [-0.4, -0.2) is 90.2 Å². The van der Waals surface area contributed by atoms with E-state index in [-0.39, 0.29) is 50.7 Å². The van der Waals surface area contributed by atoms with E-state index < -0.39 is 60.2 Å². The topological polar surface area (TPSA) is 290 Å². The molecule has 17 nitrogen and oxygen atoms in total. The summed E-state index contributed by atoms with van der Waals surface area (Å²) in [5.74, 6) is -3.49. The quantitative estimate of drug-likeness (QED) is 0.0496. The van der Waals surface area contributed by atoms with Gasteiger partial charge in [0.2, 0.25) is 29.5 Å². The lowest BCUT2D eigenvalue weighted by Gasteiger charge is -2.26. The molecule has 1 aliphatic heterocycles. The van der Waals surface area contributed by atoms with Gasteiger partial charge in [-0.05, 0) is 53.6 Å². The van der Waals surface area contributed by atoms with E-state index in [0.29, 0.717) is 12.8 Å². The Morgan fingerprint density at radius 2 is 1.18 bits per heavy atom. The lowest BCUT2D eigenvalue weighted by Crippen LogP contribution is -2.58. The Morgan fingerprint density at radius 3 is 1.85 bits per heavy atom. The van der Waals surface area contributed by atoms with Crippen molar-refractivity contribution in [3.05, 3.63) is 84.1 Å². The first kappa shape index (κ1) is 39.6. The van der Waals surface area contributed by atoms with Crippen molar-refractivity contribution < 1.29 is 24.0 Å². The third-order valence-electron chi connectivity index (χ3n) is 9.22. The van der Waals surface area contributed by atoms with Crippen LogP contribution in [0.3, 0.4) is 0 Å². The number of benzene rings is 3. The molecule has 1 saturated heterocycles. The molecule has 1 aromatic heterocycles. The van der Waals surface area contributed by atoms with Gasteiger partial charge in [-0.2, -0.15) is 0 Å². The van der Waals surface area contributed by atoms with E-state index in [1.165, 1.54) is 0 Å². The number of aromatic nitrogens is 1. The van der Waals surface area contributed by atoms with Crippen LogP contribution in [0, 0.1) is 0 Å². The van der Waals surface area contributed by atoms with Crippen molar-refractivity contribution in [1.82, 2.24) is 31.6 Å². The number of nitrogens with two attached hydrogens (primary N) is 4. The predicted molar refractivity (Wildman–Crippen MR) is 210 cm³/mol. The monoisotopic (exact) mass is 752 g/mol. The molecule has 0 bridgehead atoms. The summed E-state index contributed by atoms with van der Waals surface area (Å²) in [5, 5.41) is 16.5. The maximum absolute atomic E-state index is 14.2. The standard InChI is InChI=1S/C38H48N12O5/c39-37(40)43-15-5-11-28-34(53)50-31(19-25-20-45-27-10-4-3-9-26(25)27)36(55)48-29(12-6-16-44-38(41)42)35(54)49-30(33(52)46-21-32(51)47-28)18-22-13-14-23-7-1-2-8-24(23)17-22/h1-4,7-10,13-14,17,20,28-31,45H,5-6,11-12,15-16,18-19,21H2,(H,46,52)(H,47,51)(H,48,55)(H,49,54)(H,50,53)(H4,39,40,43)(H4,41,42,44)/t28-,29+,30+,31+/m1/s1. The Kier molecular flexibility index (Phi) is 13.6. The molecule has 55 heavy (non-hydrogen) atoms. The summed E-state index contributed by atoms with van der Waals surface area (Å²) in [7, 11) is 0. The van der Waals surface area contributed by atoms with Crippen LogP contribution < -0.4 is 49.5 Å². The molecule has 4 atom stereocenters. The van der Waals surface area contributed by atoms with Crippen LogP contribution in [-0.2, 0) is 36.8 Å². The van der Waals surface area contributed by atoms with Gasteiger partial charge in [-0.3, -0.25) is 34.0 Å². The third-order valence-corrected chi connectivity index (χ3v) is 9.22. The van der Waals surface area contributed by atoms with Gasteiger partial charge in [0, 0.05) is 43.0 Å². The van der Waals surface area contributed by atoms with Crippen molar-refractivity contribution in [2.24, 2.45) is 32.9 Å². The molecule has 17 heteroatoms. The lowest BCUT2D eigenvalue weighted by atomic mass is 10.00. The lowest BCUT2D eigenvalue weighted by molar-refractivity contribution is -0.134. The van der Waals surface area contributed by atoms with Crippen LogP contribution in [0.2, 0.25) is 0 Å². The number of nitrogens with zero attached hydrogens (tertiary/aromatic N) is 2. The summed E-state index contributed by atoms with van der Waals surface area (Å²) in [5.41, 5.74) is 24.3. The summed E-state index contributed by atoms with van der Waals surface area (Å²) >= 11 is 0. The predicted octanol–water partition coefficient (Wildman–Crippen LogP) is -0.717. The van der Waals surface area contributed by atoms with E-state index in [1.54, 1.807) is 6.20 Å². The summed E-state index contributed by atoms with van der Waals surface area (Å²) in [4.78, 5) is 80.3. The zero-order valence-corrected chi connectivity index (χ0v) is 30.3. The highest BCUT2D eigenvalue weighted by molar-refractivity contribution is 5.98. The number of aromatic amines is 1. The van der Waals surface area contributed by atoms with Gasteiger partial charge in [0.1, 0.15) is 24.2 Å². The zero-order chi connectivity index (χ0) is 39.3. The van der Waals surface area contributed by atoms with E-state index in [1.807, 2.05) is 66.7 Å². The number of amides is 5. The maximum Gasteiger partial charge on any atom is 0.243 e. The minimum Gasteiger partial charge on any atom is -0.370 e. The van der Waals surface area contributed by atoms with Gasteiger partial charge in [0.25, 0.3) is 0 Å². The van der Waals surface area contributed by atoms with E-state index >= 15 is 0 Å². The van der Waals surface area contributed by atoms with Crippen molar-refractivity contribution >= 4 is 63.1 Å². The van der Waals surface area contributed by atoms with Crippen molar-refractivity contribution in [2.45, 2.75) is 62.7 Å². The van der Waals surface area contributed by atoms with Crippen LogP contribution in [0.25, 0.3) is 21.7 Å². The minimum absolute atomic E-state index is 0.0449. The second-order valence-corrected chi connectivity index (χ2v) is 13.4. The normalized spacial score (nSPS) is 19.9. The van der Waals surface area contributed by atoms with Gasteiger partial charge in [-0.1, -0.05) is 60.7 Å². The van der Waals surface area contributed by atoms with Crippen LogP contribution >= 0.6 is 0 Å². The fourth-order valence-corrected chi connectivity index (χ4v) is 6.44. The molecule has 0 saturated carbocycles. The maximum atomic E-state index is 14.2. The van der Waals surface area contributed by atoms with E-state index in [2.05, 4.69) is 41.6 Å². The number of fused-ring (bicyclic) bond motifs is 2. The van der Waals surface area contributed by atoms with Gasteiger partial charge in [-0.25, -0.2) is 0 Å². The SMILES string of the molecule is NC(N)=NCCC[C@@H]1NC(=O)[C@H](Cc2c[nH]c3ccccc23)NC(=O)[C@@H](CCCN=C(N)N)NC(=O)CNC(=O)[C@H](Cc2ccc3ccccc3c2)NC1=O. The molecule has 2 heterocycles. The largest absolute Gasteiger partial charge is 0.370 e. The number of aliphatic imine (C=N–C) groups is 2. The van der Waals surface area contributed by atoms with Gasteiger partial charge < -0.3 is 54.5 Å². The summed E-state index contributed by atoms with van der Waals surface area (Å²) in [6.07, 6.45) is 2.70. The van der Waals surface area contributed by atoms with Gasteiger partial charge in [0.15, 0.2) is 11.9 Å². The van der Waals surface area contributed by atoms with Crippen molar-refractivity contribution in [1.29, 1.82) is 0 Å². The van der Waals surface area contributed by atoms with Crippen molar-refractivity contribution in [3.63, 3.8) is 0 Å². The van der Waals surface area contributed by atoms with E-state index in [4.69, 9.17) is 22.9 Å². The Bertz CT molecular complexity index is 2070. The molecule has 0 aliphatic carbocycles. The molecular formula is C38H48N12O5. The molecule has 5 rings (SSSR count). The second-order valence-electron chi connectivity index (χ2n) is 13.4. The zero-order valence-electron chi connectivity index (χ0n) is 30.3. The number of carbonyl (C=O) groups is 5. The number of carbonyl (C=O) groups excluding carboxylic acids is 5. The number of rotatable bonds is 12. The van der Waals surface area contributed by atoms with Crippen LogP contribution in [0.5, 0.6) is 0 Å². The Morgan fingerprint density at radius 1 is 0.618 bits per heavy atom. The van der Waals surface area contributed by atoms with Crippen molar-refractivity contribution in [2.75, 3.05) is 19.6 Å². The Balaban J connectivity index is 1.48. The van der Waals surface area contributed by atoms with Crippen LogP contribution in [0.1, 0.15) is 36.8 Å². The van der Waals surface area contributed by atoms with Crippen LogP contribution in [0.15, 0.2) is 82.9 Å². The highest BCUT2D eigenvalue weighted by Crippen LogP contribution is 2.20. The number of guanidine groups is 2. The molecule has 0 spiro atoms. The van der Waals surface area contributed by atoms with Crippen molar-refractivity contribution in [3.8, 4) is 0 Å². The number of hydrogen-bond donors (Lipinski definition) is 10. The average Bonchev–Trinajstić information content (AvgIpc) is 3.57. The summed E-state index contributed by atoms with van der Waals surface area (Å²) in [6.45, 7) is -0.129. The number of hydrogen-bond acceptors (Lipinski definition) is 7. The fraction of sp³-hybridized carbons (Fsp3) is 0.342. The Labute approximate surface area is 317 Å². The van der Waals surface area contributed by atoms with E-state index in [9.17, 15) is 24.0 Å². The highest BCUT2D eigenvalue weighted by atomic mass is 16.2. The average molecular weight is 753 g/mol. The smallest absolute Gasteiger partial charge is 0.243 e. The first-order chi connectivity index (χ1) is 26.5. The second kappa shape index (κ2) is 18.9. The molecule has 5 amide bonds. The highest BCUT2D eigenvalue weighted by Gasteiger charge is 2.33. The Hall–Kier alpha value is -6.65. The molecule has 4 aromatic rings. The number of H-pyrrole nitrogens is 1. The van der Waals surface area contributed by atoms with E-state index in [0.717, 1.165) is 32.8 Å². The molecule has 3 aromatic carbocycles. The first-order valence-electron chi connectivity index (χ1n) is 18.1. The number of nitrogens with one attached hydrogen (secondary N) is 6. The summed E-state index contributed by atoms with van der Waals surface area (Å²) in [6, 6.07) is 16.3. The first-order valence-corrected chi connectivity index (χ1v) is 18.1. The molecule has 14 N–H and O–H groups in total. The third kappa shape index (κ3) is 11.4. The molecule has 0 radical (unpaired) electrons. The van der Waals surface area contributed by atoms with Crippen LogP contribution in [0.4, 0.5) is 0 Å². The van der Waals surface area contributed by atoms with Gasteiger partial charge in [0.05, 0.1) is 6.54 Å². The molecule has 1 aliphatic rings. The fourth-order valence-electron chi connectivity index (χ4n) is 6.44. The van der Waals surface area contributed by atoms with Gasteiger partial charge in [-0.15, -0.1) is 0 Å².